The monoisotopic (exact) mass is 148 g/mol. The normalized spacial score (nSPS) is 13.4. The minimum absolute atomic E-state index is 0.512. The number of hydrogen-bond donors (Lipinski definition) is 1. The van der Waals surface area contributed by atoms with Gasteiger partial charge in [-0.05, 0) is 12.3 Å². The molecule has 0 saturated heterocycles. The summed E-state index contributed by atoms with van der Waals surface area (Å²) in [6.45, 7) is 4.27. The summed E-state index contributed by atoms with van der Waals surface area (Å²) < 4.78 is 0.840. The third-order valence-corrected chi connectivity index (χ3v) is 1.99. The topological polar surface area (TPSA) is 0 Å². The Hall–Kier alpha value is 0.440. The van der Waals surface area contributed by atoms with Gasteiger partial charge in [0.2, 0.25) is 0 Å². The summed E-state index contributed by atoms with van der Waals surface area (Å²) in [5, 5.41) is 0. The van der Waals surface area contributed by atoms with Gasteiger partial charge >= 0.3 is 0 Å². The molecule has 0 aromatic rings. The van der Waals surface area contributed by atoms with Crippen molar-refractivity contribution < 1.29 is 0 Å². The highest BCUT2D eigenvalue weighted by Crippen LogP contribution is 2.09. The Labute approximate surface area is 62.1 Å². The van der Waals surface area contributed by atoms with E-state index in [1.807, 2.05) is 0 Å². The Kier molecular flexibility index (Phi) is 4.57. The summed E-state index contributed by atoms with van der Waals surface area (Å²) in [6, 6.07) is 0. The number of hydrogen-bond acceptors (Lipinski definition) is 1. The predicted molar refractivity (Wildman–Crippen MR) is 45.7 cm³/mol. The van der Waals surface area contributed by atoms with Crippen LogP contribution in [-0.4, -0.2) is 4.20 Å². The highest BCUT2D eigenvalue weighted by atomic mass is 32.1. The lowest BCUT2D eigenvalue weighted by molar-refractivity contribution is 0.680. The lowest BCUT2D eigenvalue weighted by Crippen LogP contribution is -1.99. The van der Waals surface area contributed by atoms with Crippen LogP contribution in [-0.2, 0) is 0 Å². The summed E-state index contributed by atoms with van der Waals surface area (Å²) in [7, 11) is 0. The molecule has 0 bridgehead atoms. The van der Waals surface area contributed by atoms with E-state index >= 15 is 0 Å². The van der Waals surface area contributed by atoms with Gasteiger partial charge in [-0.3, -0.25) is 0 Å². The van der Waals surface area contributed by atoms with E-state index < -0.39 is 0 Å². The second-order valence-electron chi connectivity index (χ2n) is 2.03. The first-order valence-electron chi connectivity index (χ1n) is 2.91. The van der Waals surface area contributed by atoms with Gasteiger partial charge in [0.25, 0.3) is 0 Å². The minimum atomic E-state index is 0.512. The second kappa shape index (κ2) is 4.33. The molecule has 0 spiro atoms. The van der Waals surface area contributed by atoms with Crippen LogP contribution in [0.25, 0.3) is 0 Å². The van der Waals surface area contributed by atoms with Crippen LogP contribution in [0, 0.1) is 5.92 Å². The van der Waals surface area contributed by atoms with E-state index in [9.17, 15) is 0 Å². The average Bonchev–Trinajstić information content (AvgIpc) is 1.67. The average molecular weight is 148 g/mol. The van der Waals surface area contributed by atoms with Crippen LogP contribution in [0.4, 0.5) is 0 Å². The maximum Gasteiger partial charge on any atom is 0.0476 e. The van der Waals surface area contributed by atoms with E-state index in [2.05, 4.69) is 26.5 Å². The quantitative estimate of drug-likeness (QED) is 0.474. The predicted octanol–water partition coefficient (Wildman–Crippen LogP) is 2.68. The summed E-state index contributed by atoms with van der Waals surface area (Å²) in [6.07, 6.45) is 2.37. The Morgan fingerprint density at radius 2 is 2.25 bits per heavy atom. The first-order valence-corrected chi connectivity index (χ1v) is 3.76. The molecular weight excluding hydrogens is 136 g/mol. The molecule has 0 amide bonds. The van der Waals surface area contributed by atoms with Crippen molar-refractivity contribution >= 4 is 29.0 Å². The molecule has 0 N–H and O–H groups in total. The Morgan fingerprint density at radius 3 is 2.38 bits per heavy atom. The second-order valence-corrected chi connectivity index (χ2v) is 3.25. The molecule has 0 aromatic heterocycles. The highest BCUT2D eigenvalue weighted by Gasteiger charge is 2.00. The Balaban J connectivity index is 3.32. The van der Waals surface area contributed by atoms with Gasteiger partial charge in [-0.25, -0.2) is 0 Å². The highest BCUT2D eigenvalue weighted by molar-refractivity contribution is 8.11. The molecule has 0 heterocycles. The molecule has 8 heavy (non-hydrogen) atoms. The fourth-order valence-corrected chi connectivity index (χ4v) is 0.803. The van der Waals surface area contributed by atoms with Crippen molar-refractivity contribution in [3.63, 3.8) is 0 Å². The lowest BCUT2D eigenvalue weighted by Gasteiger charge is -2.04. The van der Waals surface area contributed by atoms with Gasteiger partial charge in [-0.1, -0.05) is 32.5 Å². The summed E-state index contributed by atoms with van der Waals surface area (Å²) in [4.78, 5) is 0. The first-order chi connectivity index (χ1) is 3.68. The molecule has 0 aliphatic rings. The van der Waals surface area contributed by atoms with Gasteiger partial charge in [0, 0.05) is 4.20 Å². The smallest absolute Gasteiger partial charge is 0.0476 e. The van der Waals surface area contributed by atoms with Gasteiger partial charge < -0.3 is 0 Å². The molecule has 2 heteroatoms. The van der Waals surface area contributed by atoms with Gasteiger partial charge in [0.1, 0.15) is 0 Å². The third-order valence-electron chi connectivity index (χ3n) is 1.14. The zero-order valence-corrected chi connectivity index (χ0v) is 7.06. The van der Waals surface area contributed by atoms with Crippen LogP contribution in [0.2, 0.25) is 0 Å². The van der Waals surface area contributed by atoms with Crippen LogP contribution in [0.3, 0.4) is 0 Å². The van der Waals surface area contributed by atoms with Gasteiger partial charge in [-0.15, -0.1) is 12.6 Å². The summed E-state index contributed by atoms with van der Waals surface area (Å²) in [5.74, 6) is 0.512. The van der Waals surface area contributed by atoms with Crippen LogP contribution >= 0.6 is 24.8 Å². The molecule has 0 nitrogen and oxygen atoms in total. The molecule has 0 aliphatic heterocycles. The minimum Gasteiger partial charge on any atom is -0.136 e. The number of thiol groups is 1. The van der Waals surface area contributed by atoms with Crippen LogP contribution < -0.4 is 0 Å². The van der Waals surface area contributed by atoms with Crippen molar-refractivity contribution in [1.29, 1.82) is 0 Å². The SMILES string of the molecule is CCCC(C)C(=S)S. The molecule has 0 rings (SSSR count). The van der Waals surface area contributed by atoms with E-state index in [-0.39, 0.29) is 0 Å². The number of rotatable bonds is 3. The largest absolute Gasteiger partial charge is 0.136 e. The van der Waals surface area contributed by atoms with Crippen molar-refractivity contribution in [2.24, 2.45) is 5.92 Å². The van der Waals surface area contributed by atoms with Crippen molar-refractivity contribution in [2.75, 3.05) is 0 Å². The fourth-order valence-electron chi connectivity index (χ4n) is 0.556. The van der Waals surface area contributed by atoms with Crippen molar-refractivity contribution in [3.05, 3.63) is 0 Å². The summed E-state index contributed by atoms with van der Waals surface area (Å²) >= 11 is 8.91. The van der Waals surface area contributed by atoms with Crippen molar-refractivity contribution in [1.82, 2.24) is 0 Å². The van der Waals surface area contributed by atoms with Crippen LogP contribution in [0.5, 0.6) is 0 Å². The maximum atomic E-state index is 4.85. The molecule has 0 aromatic carbocycles. The zero-order chi connectivity index (χ0) is 6.57. The van der Waals surface area contributed by atoms with Crippen LogP contribution in [0.15, 0.2) is 0 Å². The zero-order valence-electron chi connectivity index (χ0n) is 5.35. The first kappa shape index (κ1) is 8.44. The van der Waals surface area contributed by atoms with E-state index in [1.165, 1.54) is 12.8 Å². The van der Waals surface area contributed by atoms with Gasteiger partial charge in [-0.2, -0.15) is 0 Å². The van der Waals surface area contributed by atoms with Gasteiger partial charge in [0.05, 0.1) is 0 Å². The van der Waals surface area contributed by atoms with E-state index in [4.69, 9.17) is 12.2 Å². The third kappa shape index (κ3) is 3.44. The van der Waals surface area contributed by atoms with Crippen molar-refractivity contribution in [3.8, 4) is 0 Å². The van der Waals surface area contributed by atoms with Crippen LogP contribution in [0.1, 0.15) is 26.7 Å². The van der Waals surface area contributed by atoms with E-state index in [0.717, 1.165) is 4.20 Å². The number of thiocarbonyl (C=S) groups is 1. The Bertz CT molecular complexity index is 78.6. The molecule has 0 fully saturated rings. The molecular formula is C6H12S2. The Morgan fingerprint density at radius 1 is 1.75 bits per heavy atom. The molecule has 0 saturated carbocycles. The van der Waals surface area contributed by atoms with E-state index in [1.54, 1.807) is 0 Å². The molecule has 1 atom stereocenters. The fraction of sp³-hybridized carbons (Fsp3) is 0.833. The summed E-state index contributed by atoms with van der Waals surface area (Å²) in [5.41, 5.74) is 0. The molecule has 0 aliphatic carbocycles. The van der Waals surface area contributed by atoms with E-state index in [0.29, 0.717) is 5.92 Å². The maximum absolute atomic E-state index is 4.85. The van der Waals surface area contributed by atoms with Crippen molar-refractivity contribution in [2.45, 2.75) is 26.7 Å². The molecule has 1 unspecified atom stereocenters. The standard InChI is InChI=1S/C6H12S2/c1-3-4-5(2)6(7)8/h5H,3-4H2,1-2H3,(H,7,8). The molecule has 48 valence electrons. The van der Waals surface area contributed by atoms with Gasteiger partial charge in [0.15, 0.2) is 0 Å². The lowest BCUT2D eigenvalue weighted by atomic mass is 10.1. The molecule has 0 radical (unpaired) electrons.